The maximum atomic E-state index is 12.2. The zero-order valence-corrected chi connectivity index (χ0v) is 64.3. The highest BCUT2D eigenvalue weighted by molar-refractivity contribution is 5.76. The minimum atomic E-state index is -0.415. The fourth-order valence-corrected chi connectivity index (χ4v) is 22.1. The molecule has 0 aromatic heterocycles. The third kappa shape index (κ3) is 25.8. The summed E-state index contributed by atoms with van der Waals surface area (Å²) in [6.45, 7) is 32.8. The Morgan fingerprint density at radius 3 is 0.880 bits per heavy atom. The molecule has 15 heteroatoms. The van der Waals surface area contributed by atoms with Crippen LogP contribution in [-0.2, 0) is 71.3 Å². The summed E-state index contributed by atoms with van der Waals surface area (Å²) in [6, 6.07) is 0. The topological polar surface area (TPSA) is 178 Å². The van der Waals surface area contributed by atoms with Crippen molar-refractivity contribution in [3.63, 3.8) is 0 Å². The number of hydrogen-bond acceptors (Lipinski definition) is 15. The van der Waals surface area contributed by atoms with Crippen molar-refractivity contribution in [3.8, 4) is 0 Å². The van der Waals surface area contributed by atoms with Gasteiger partial charge in [0, 0.05) is 0 Å². The molecular formula is C93H178O15. The number of hydrogen-bond donors (Lipinski definition) is 0. The summed E-state index contributed by atoms with van der Waals surface area (Å²) >= 11 is 0. The Balaban J connectivity index is 0.00000130. The lowest BCUT2D eigenvalue weighted by atomic mass is 9.55. The van der Waals surface area contributed by atoms with Gasteiger partial charge in [-0.05, 0) is 349 Å². The van der Waals surface area contributed by atoms with Crippen LogP contribution in [0.5, 0.6) is 0 Å². The van der Waals surface area contributed by atoms with Crippen molar-refractivity contribution >= 4 is 29.8 Å². The summed E-state index contributed by atoms with van der Waals surface area (Å²) < 4.78 is 57.5. The third-order valence-electron chi connectivity index (χ3n) is 28.4. The van der Waals surface area contributed by atoms with Crippen LogP contribution in [0, 0.1) is 135 Å². The van der Waals surface area contributed by atoms with E-state index in [0.717, 1.165) is 128 Å². The van der Waals surface area contributed by atoms with Gasteiger partial charge in [0.1, 0.15) is 0 Å². The SMILES string of the molecule is C.C.C.C.C.C.C.C.C.C.CCC(C)(C)C(=O)OC(C)OC1C2CC3CC(C2)CC1C3.CCC(C)(C)C(=O)OC(C)OC1CC2CCC1C2.CCC(C)C(=O)OC(C)OC1C2CC3CC(C2)CC1C3.CCC(C)C(=O)OC(C)OC1CC2CC1C1C3CCC(C3)C21.CCC(C)C(=O)OC(C)OC1CC2CCC1C2. The number of esters is 5. The smallest absolute Gasteiger partial charge is 0.313 e. The van der Waals surface area contributed by atoms with Crippen LogP contribution >= 0.6 is 0 Å². The van der Waals surface area contributed by atoms with E-state index in [1.165, 1.54) is 135 Å². The van der Waals surface area contributed by atoms with Gasteiger partial charge in [-0.1, -0.05) is 130 Å². The maximum absolute atomic E-state index is 12.2. The quantitative estimate of drug-likeness (QED) is 0.0365. The van der Waals surface area contributed by atoms with Gasteiger partial charge in [0.15, 0.2) is 31.5 Å². The van der Waals surface area contributed by atoms with Crippen molar-refractivity contribution in [2.45, 2.75) is 434 Å². The van der Waals surface area contributed by atoms with Gasteiger partial charge >= 0.3 is 29.8 Å². The van der Waals surface area contributed by atoms with E-state index in [-0.39, 0.29) is 141 Å². The first-order chi connectivity index (χ1) is 46.5. The number of ether oxygens (including phenoxy) is 10. The van der Waals surface area contributed by atoms with Crippen LogP contribution in [0.25, 0.3) is 0 Å². The van der Waals surface area contributed by atoms with Crippen LogP contribution in [0.15, 0.2) is 0 Å². The molecule has 21 atom stereocenters. The van der Waals surface area contributed by atoms with E-state index in [1.807, 2.05) is 118 Å². The largest absolute Gasteiger partial charge is 0.436 e. The molecule has 16 bridgehead atoms. The molecule has 0 heterocycles. The number of rotatable bonds is 25. The van der Waals surface area contributed by atoms with Gasteiger partial charge in [-0.2, -0.15) is 0 Å². The normalized spacial score (nSPS) is 35.9. The monoisotopic (exact) mass is 1540 g/mol. The van der Waals surface area contributed by atoms with Gasteiger partial charge in [0.2, 0.25) is 0 Å². The molecule has 0 N–H and O–H groups in total. The molecule has 0 spiro atoms. The Hall–Kier alpha value is -2.85. The van der Waals surface area contributed by atoms with E-state index >= 15 is 0 Å². The predicted octanol–water partition coefficient (Wildman–Crippen LogP) is 24.9. The molecule has 0 aromatic carbocycles. The Bertz CT molecular complexity index is 2550. The van der Waals surface area contributed by atoms with Crippen LogP contribution in [0.1, 0.15) is 372 Å². The highest BCUT2D eigenvalue weighted by atomic mass is 16.7. The second kappa shape index (κ2) is 46.0. The molecule has 0 amide bonds. The zero-order valence-electron chi connectivity index (χ0n) is 64.3. The molecule has 16 rings (SSSR count). The van der Waals surface area contributed by atoms with Crippen molar-refractivity contribution in [1.82, 2.24) is 0 Å². The van der Waals surface area contributed by atoms with E-state index in [4.69, 9.17) is 47.4 Å². The zero-order chi connectivity index (χ0) is 70.7. The van der Waals surface area contributed by atoms with Crippen molar-refractivity contribution in [3.05, 3.63) is 0 Å². The molecule has 16 aliphatic rings. The van der Waals surface area contributed by atoms with Crippen molar-refractivity contribution < 1.29 is 71.3 Å². The van der Waals surface area contributed by atoms with Gasteiger partial charge in [-0.15, -0.1) is 0 Å². The van der Waals surface area contributed by atoms with Gasteiger partial charge in [0.05, 0.1) is 59.1 Å². The van der Waals surface area contributed by atoms with Gasteiger partial charge in [-0.25, -0.2) is 0 Å². The Kier molecular flexibility index (Phi) is 44.8. The molecule has 21 unspecified atom stereocenters. The standard InChI is InChI=1S/C19H30O3.C18H30O3.C17H28O3.C15H26O3.C14H24O3.10CH4/c1-4-10(2)19(20)22-11(3)21-16-9-14-8-15(16)18-13-6-5-12(7-13)17(14)18;1-5-18(3,4)17(19)21-11(2)20-16-14-7-12-6-13(9-14)10-15(16)8-12;1-4-10(2)17(18)20-11(3)19-16-14-6-12-5-13(8-14)9-15(16)7-12;1-5-15(3,4)14(16)18-10(2)17-13-9-11-6-7-12(13)8-11;1-4-9(2)14(15)17-10(3)16-13-8-11-5-6-12(13)7-11;;;;;;;;;;/h10-18H,4-9H2,1-3H3;11-16H,5-10H2,1-4H3;10-16H,4-9H2,1-3H3;10-13H,5-9H2,1-4H3;9-13H,4-8H2,1-3H3;10*1H4. The van der Waals surface area contributed by atoms with E-state index in [1.54, 1.807) is 0 Å². The van der Waals surface area contributed by atoms with Crippen LogP contribution < -0.4 is 0 Å². The summed E-state index contributed by atoms with van der Waals surface area (Å²) in [4.78, 5) is 59.4. The lowest BCUT2D eigenvalue weighted by molar-refractivity contribution is -0.224. The summed E-state index contributed by atoms with van der Waals surface area (Å²) in [5.74, 6) is 14.7. The van der Waals surface area contributed by atoms with Gasteiger partial charge in [-0.3, -0.25) is 24.0 Å². The molecule has 15 nitrogen and oxygen atoms in total. The van der Waals surface area contributed by atoms with Crippen LogP contribution in [0.2, 0.25) is 0 Å². The van der Waals surface area contributed by atoms with E-state index in [2.05, 4.69) is 0 Å². The molecule has 0 saturated heterocycles. The second-order valence-corrected chi connectivity index (χ2v) is 36.2. The first kappa shape index (κ1) is 105. The molecule has 16 saturated carbocycles. The summed E-state index contributed by atoms with van der Waals surface area (Å²) in [5, 5.41) is 0. The van der Waals surface area contributed by atoms with Gasteiger partial charge in [0.25, 0.3) is 0 Å². The summed E-state index contributed by atoms with van der Waals surface area (Å²) in [6.07, 6.45) is 34.6. The summed E-state index contributed by atoms with van der Waals surface area (Å²) in [7, 11) is 0. The average molecular weight is 1540 g/mol. The average Bonchev–Trinajstić information content (AvgIpc) is 1.55. The Labute approximate surface area is 666 Å². The fourth-order valence-electron chi connectivity index (χ4n) is 22.1. The molecule has 108 heavy (non-hydrogen) atoms. The first-order valence-electron chi connectivity index (χ1n) is 40.9. The van der Waals surface area contributed by atoms with Crippen molar-refractivity contribution in [2.24, 2.45) is 135 Å². The van der Waals surface area contributed by atoms with Crippen LogP contribution in [-0.4, -0.2) is 91.8 Å². The maximum Gasteiger partial charge on any atom is 0.313 e. The fraction of sp³-hybridized carbons (Fsp3) is 0.946. The highest BCUT2D eigenvalue weighted by Crippen LogP contribution is 2.68. The predicted molar refractivity (Wildman–Crippen MR) is 445 cm³/mol. The van der Waals surface area contributed by atoms with Crippen LogP contribution in [0.3, 0.4) is 0 Å². The second-order valence-electron chi connectivity index (χ2n) is 36.2. The molecule has 0 radical (unpaired) electrons. The molecule has 640 valence electrons. The summed E-state index contributed by atoms with van der Waals surface area (Å²) in [5.41, 5.74) is -0.825. The van der Waals surface area contributed by atoms with Crippen LogP contribution in [0.4, 0.5) is 0 Å². The molecule has 0 aliphatic heterocycles. The lowest BCUT2D eigenvalue weighted by Crippen LogP contribution is -2.50. The number of fused-ring (bicyclic) bond motifs is 13. The molecule has 0 aromatic rings. The van der Waals surface area contributed by atoms with Crippen molar-refractivity contribution in [1.29, 1.82) is 0 Å². The van der Waals surface area contributed by atoms with E-state index in [0.29, 0.717) is 54.2 Å². The molecular weight excluding hydrogens is 1360 g/mol. The number of carbonyl (C=O) groups is 5. The number of carbonyl (C=O) groups excluding carboxylic acids is 5. The lowest BCUT2D eigenvalue weighted by Gasteiger charge is -2.54. The Morgan fingerprint density at radius 2 is 0.574 bits per heavy atom. The third-order valence-corrected chi connectivity index (χ3v) is 28.4. The first-order valence-corrected chi connectivity index (χ1v) is 40.9. The Morgan fingerprint density at radius 1 is 0.287 bits per heavy atom. The van der Waals surface area contributed by atoms with E-state index in [9.17, 15) is 24.0 Å². The molecule has 16 aliphatic carbocycles. The minimum absolute atomic E-state index is 0. The van der Waals surface area contributed by atoms with E-state index < -0.39 is 23.4 Å². The molecule has 16 fully saturated rings. The van der Waals surface area contributed by atoms with Crippen molar-refractivity contribution in [2.75, 3.05) is 0 Å². The van der Waals surface area contributed by atoms with Gasteiger partial charge < -0.3 is 47.4 Å². The highest BCUT2D eigenvalue weighted by Gasteiger charge is 2.63. The minimum Gasteiger partial charge on any atom is -0.436 e.